The molecule has 1 heterocycles. The monoisotopic (exact) mass is 400 g/mol. The molecular weight excluding hydrogens is 379 g/mol. The molecule has 0 aliphatic carbocycles. The number of rotatable bonds is 4. The van der Waals surface area contributed by atoms with Crippen molar-refractivity contribution in [2.45, 2.75) is 38.6 Å². The first-order valence-electron chi connectivity index (χ1n) is 7.45. The maximum atomic E-state index is 12.5. The van der Waals surface area contributed by atoms with E-state index in [-0.39, 0.29) is 17.9 Å². The van der Waals surface area contributed by atoms with Crippen LogP contribution in [0.25, 0.3) is 0 Å². The summed E-state index contributed by atoms with van der Waals surface area (Å²) in [7, 11) is 0. The van der Waals surface area contributed by atoms with Crippen molar-refractivity contribution < 1.29 is 9.59 Å². The summed E-state index contributed by atoms with van der Waals surface area (Å²) in [4.78, 5) is 26.0. The van der Waals surface area contributed by atoms with Crippen molar-refractivity contribution in [1.29, 1.82) is 0 Å². The average molecular weight is 400 g/mol. The summed E-state index contributed by atoms with van der Waals surface area (Å²) in [5.74, 6) is 0.221. The molecule has 1 aliphatic heterocycles. The number of carbonyl (C=O) groups excluding carboxylic acids is 2. The Morgan fingerprint density at radius 1 is 1.29 bits per heavy atom. The fourth-order valence-electron chi connectivity index (χ4n) is 2.56. The van der Waals surface area contributed by atoms with Gasteiger partial charge in [-0.2, -0.15) is 0 Å². The molecule has 1 fully saturated rings. The van der Waals surface area contributed by atoms with Crippen LogP contribution in [0.15, 0.2) is 24.3 Å². The topological polar surface area (TPSA) is 49.4 Å². The lowest BCUT2D eigenvalue weighted by molar-refractivity contribution is -0.122. The second-order valence-electron chi connectivity index (χ2n) is 5.36. The number of hydrogen-bond donors (Lipinski definition) is 1. The molecule has 0 radical (unpaired) electrons. The Balaban J connectivity index is 1.88. The van der Waals surface area contributed by atoms with Crippen LogP contribution in [-0.4, -0.2) is 35.8 Å². The third-order valence-electron chi connectivity index (χ3n) is 3.73. The van der Waals surface area contributed by atoms with Crippen LogP contribution < -0.4 is 5.32 Å². The lowest BCUT2D eigenvalue weighted by Crippen LogP contribution is -2.46. The number of carbonyl (C=O) groups is 2. The lowest BCUT2D eigenvalue weighted by atomic mass is 10.0. The zero-order valence-electron chi connectivity index (χ0n) is 12.3. The maximum Gasteiger partial charge on any atom is 0.254 e. The molecule has 0 atom stereocenters. The molecule has 2 rings (SSSR count). The number of halogens is 1. The Kier molecular flexibility index (Phi) is 6.02. The van der Waals surface area contributed by atoms with Gasteiger partial charge >= 0.3 is 0 Å². The Morgan fingerprint density at radius 2 is 1.95 bits per heavy atom. The van der Waals surface area contributed by atoms with Crippen molar-refractivity contribution >= 4 is 34.4 Å². The number of benzene rings is 1. The third kappa shape index (κ3) is 4.43. The van der Waals surface area contributed by atoms with E-state index in [1.165, 1.54) is 0 Å². The van der Waals surface area contributed by atoms with Gasteiger partial charge in [0.15, 0.2) is 0 Å². The quantitative estimate of drug-likeness (QED) is 0.791. The number of nitrogens with zero attached hydrogens (tertiary/aromatic N) is 1. The standard InChI is InChI=1S/C16H21IN2O2/c1-2-5-15(20)18-12-8-10-19(11-9-12)16(21)13-6-3-4-7-14(13)17/h3-4,6-7,12H,2,5,8-11H2,1H3,(H,18,20). The van der Waals surface area contributed by atoms with Crippen LogP contribution in [0.5, 0.6) is 0 Å². The second kappa shape index (κ2) is 7.77. The van der Waals surface area contributed by atoms with Crippen molar-refractivity contribution in [3.8, 4) is 0 Å². The van der Waals surface area contributed by atoms with Gasteiger partial charge in [0.25, 0.3) is 5.91 Å². The number of nitrogens with one attached hydrogen (secondary N) is 1. The van der Waals surface area contributed by atoms with Crippen LogP contribution in [0, 0.1) is 3.57 Å². The molecule has 5 heteroatoms. The van der Waals surface area contributed by atoms with E-state index in [4.69, 9.17) is 0 Å². The maximum absolute atomic E-state index is 12.5. The summed E-state index contributed by atoms with van der Waals surface area (Å²) >= 11 is 2.20. The molecule has 114 valence electrons. The predicted octanol–water partition coefficient (Wildman–Crippen LogP) is 2.81. The second-order valence-corrected chi connectivity index (χ2v) is 6.53. The van der Waals surface area contributed by atoms with E-state index in [0.717, 1.165) is 28.4 Å². The van der Waals surface area contributed by atoms with E-state index in [1.807, 2.05) is 36.1 Å². The number of amides is 2. The largest absolute Gasteiger partial charge is 0.353 e. The highest BCUT2D eigenvalue weighted by atomic mass is 127. The molecule has 1 N–H and O–H groups in total. The fourth-order valence-corrected chi connectivity index (χ4v) is 3.18. The highest BCUT2D eigenvalue weighted by Gasteiger charge is 2.25. The molecule has 0 unspecified atom stereocenters. The van der Waals surface area contributed by atoms with Crippen LogP contribution in [0.1, 0.15) is 43.0 Å². The van der Waals surface area contributed by atoms with Gasteiger partial charge in [-0.1, -0.05) is 19.1 Å². The van der Waals surface area contributed by atoms with Gasteiger partial charge in [0, 0.05) is 29.1 Å². The fraction of sp³-hybridized carbons (Fsp3) is 0.500. The molecule has 0 saturated carbocycles. The first-order chi connectivity index (χ1) is 10.1. The van der Waals surface area contributed by atoms with Gasteiger partial charge in [-0.05, 0) is 54.0 Å². The molecule has 1 aliphatic rings. The van der Waals surface area contributed by atoms with Crippen LogP contribution in [0.2, 0.25) is 0 Å². The third-order valence-corrected chi connectivity index (χ3v) is 4.67. The summed E-state index contributed by atoms with van der Waals surface area (Å²) in [6, 6.07) is 7.87. The highest BCUT2D eigenvalue weighted by molar-refractivity contribution is 14.1. The normalized spacial score (nSPS) is 15.8. The molecule has 4 nitrogen and oxygen atoms in total. The summed E-state index contributed by atoms with van der Waals surface area (Å²) in [6.45, 7) is 3.42. The minimum atomic E-state index is 0.0957. The Morgan fingerprint density at radius 3 is 2.57 bits per heavy atom. The van der Waals surface area contributed by atoms with Gasteiger partial charge in [0.05, 0.1) is 5.56 Å². The van der Waals surface area contributed by atoms with E-state index >= 15 is 0 Å². The van der Waals surface area contributed by atoms with E-state index in [0.29, 0.717) is 19.5 Å². The van der Waals surface area contributed by atoms with Gasteiger partial charge in [0.2, 0.25) is 5.91 Å². The van der Waals surface area contributed by atoms with E-state index in [9.17, 15) is 9.59 Å². The first-order valence-corrected chi connectivity index (χ1v) is 8.53. The zero-order chi connectivity index (χ0) is 15.2. The van der Waals surface area contributed by atoms with Gasteiger partial charge in [-0.3, -0.25) is 9.59 Å². The van der Waals surface area contributed by atoms with Crippen molar-refractivity contribution in [3.05, 3.63) is 33.4 Å². The van der Waals surface area contributed by atoms with Crippen molar-refractivity contribution in [2.75, 3.05) is 13.1 Å². The smallest absolute Gasteiger partial charge is 0.254 e. The van der Waals surface area contributed by atoms with Gasteiger partial charge in [-0.25, -0.2) is 0 Å². The van der Waals surface area contributed by atoms with Crippen LogP contribution in [0.3, 0.4) is 0 Å². The van der Waals surface area contributed by atoms with E-state index in [1.54, 1.807) is 0 Å². The summed E-state index contributed by atoms with van der Waals surface area (Å²) in [5.41, 5.74) is 0.770. The Bertz CT molecular complexity index is 511. The van der Waals surface area contributed by atoms with E-state index in [2.05, 4.69) is 27.9 Å². The Labute approximate surface area is 139 Å². The molecule has 2 amide bonds. The van der Waals surface area contributed by atoms with Gasteiger partial charge < -0.3 is 10.2 Å². The summed E-state index contributed by atoms with van der Waals surface area (Å²) < 4.78 is 0.985. The summed E-state index contributed by atoms with van der Waals surface area (Å²) in [6.07, 6.45) is 3.13. The molecule has 0 bridgehead atoms. The lowest BCUT2D eigenvalue weighted by Gasteiger charge is -2.32. The molecule has 1 saturated heterocycles. The van der Waals surface area contributed by atoms with Crippen molar-refractivity contribution in [2.24, 2.45) is 0 Å². The first kappa shape index (κ1) is 16.3. The predicted molar refractivity (Wildman–Crippen MR) is 91.1 cm³/mol. The van der Waals surface area contributed by atoms with Gasteiger partial charge in [0.1, 0.15) is 0 Å². The molecular formula is C16H21IN2O2. The highest BCUT2D eigenvalue weighted by Crippen LogP contribution is 2.18. The SMILES string of the molecule is CCCC(=O)NC1CCN(C(=O)c2ccccc2I)CC1. The van der Waals surface area contributed by atoms with Crippen molar-refractivity contribution in [1.82, 2.24) is 10.2 Å². The van der Waals surface area contributed by atoms with Crippen LogP contribution in [0.4, 0.5) is 0 Å². The minimum absolute atomic E-state index is 0.0957. The molecule has 0 aromatic heterocycles. The molecule has 21 heavy (non-hydrogen) atoms. The van der Waals surface area contributed by atoms with Gasteiger partial charge in [-0.15, -0.1) is 0 Å². The molecule has 1 aromatic rings. The van der Waals surface area contributed by atoms with E-state index < -0.39 is 0 Å². The van der Waals surface area contributed by atoms with Crippen molar-refractivity contribution in [3.63, 3.8) is 0 Å². The Hall–Kier alpha value is -1.11. The number of piperidine rings is 1. The summed E-state index contributed by atoms with van der Waals surface area (Å²) in [5, 5.41) is 3.05. The number of likely N-dealkylation sites (tertiary alicyclic amines) is 1. The van der Waals surface area contributed by atoms with Crippen LogP contribution >= 0.6 is 22.6 Å². The average Bonchev–Trinajstić information content (AvgIpc) is 2.48. The minimum Gasteiger partial charge on any atom is -0.353 e. The molecule has 1 aromatic carbocycles. The molecule has 0 spiro atoms. The zero-order valence-corrected chi connectivity index (χ0v) is 14.4. The number of hydrogen-bond acceptors (Lipinski definition) is 2. The van der Waals surface area contributed by atoms with Crippen LogP contribution in [-0.2, 0) is 4.79 Å².